The Labute approximate surface area is 268 Å². The smallest absolute Gasteiger partial charge is 0.330 e. The SMILES string of the molecule is CCN1CCN(c2ccc(Nc3ncc4c(n3)N(C)C(=O)N(c3cc(NC(=O)Nc5ccccc5OC)ccc3C)C4)cn2)CC1. The Morgan fingerprint density at radius 2 is 1.74 bits per heavy atom. The van der Waals surface area contributed by atoms with Crippen molar-refractivity contribution in [2.75, 3.05) is 77.5 Å². The zero-order valence-electron chi connectivity index (χ0n) is 26.4. The fourth-order valence-corrected chi connectivity index (χ4v) is 5.64. The van der Waals surface area contributed by atoms with E-state index in [1.165, 1.54) is 4.90 Å². The van der Waals surface area contributed by atoms with E-state index in [1.807, 2.05) is 37.3 Å². The van der Waals surface area contributed by atoms with Gasteiger partial charge in [0.25, 0.3) is 0 Å². The minimum Gasteiger partial charge on any atom is -0.495 e. The Morgan fingerprint density at radius 1 is 0.957 bits per heavy atom. The molecule has 4 heterocycles. The quantitative estimate of drug-likeness (QED) is 0.240. The molecule has 2 aliphatic rings. The van der Waals surface area contributed by atoms with Gasteiger partial charge in [-0.25, -0.2) is 19.6 Å². The van der Waals surface area contributed by atoms with Crippen molar-refractivity contribution in [2.45, 2.75) is 20.4 Å². The molecule has 0 unspecified atom stereocenters. The molecular weight excluding hydrogens is 584 g/mol. The third-order valence-corrected chi connectivity index (χ3v) is 8.27. The number of fused-ring (bicyclic) bond motifs is 1. The number of carbonyl (C=O) groups is 2. The molecule has 0 atom stereocenters. The molecule has 46 heavy (non-hydrogen) atoms. The second kappa shape index (κ2) is 13.3. The Hall–Kier alpha value is -5.43. The number of nitrogens with one attached hydrogen (secondary N) is 3. The van der Waals surface area contributed by atoms with E-state index in [-0.39, 0.29) is 12.6 Å². The number of rotatable bonds is 8. The van der Waals surface area contributed by atoms with E-state index in [2.05, 4.69) is 47.6 Å². The lowest BCUT2D eigenvalue weighted by Crippen LogP contribution is -2.46. The monoisotopic (exact) mass is 622 g/mol. The molecule has 1 fully saturated rings. The summed E-state index contributed by atoms with van der Waals surface area (Å²) < 4.78 is 5.32. The van der Waals surface area contributed by atoms with Gasteiger partial charge in [0.1, 0.15) is 17.4 Å². The van der Waals surface area contributed by atoms with Crippen LogP contribution >= 0.6 is 0 Å². The standard InChI is InChI=1S/C33H38N10O3/c1-5-41-14-16-42(17-15-41)29-13-12-25(20-34-29)36-31-35-19-23-21-43(33(45)40(3)30(23)39-31)27-18-24(11-10-22(27)2)37-32(44)38-26-8-6-7-9-28(26)46-4/h6-13,18-20H,5,14-17,21H2,1-4H3,(H,35,36,39)(H2,37,38,44). The van der Waals surface area contributed by atoms with E-state index in [0.717, 1.165) is 55.4 Å². The summed E-state index contributed by atoms with van der Waals surface area (Å²) in [4.78, 5) is 48.1. The fraction of sp³-hybridized carbons (Fsp3) is 0.303. The summed E-state index contributed by atoms with van der Waals surface area (Å²) in [5.74, 6) is 2.40. The number of nitrogens with zero attached hydrogens (tertiary/aromatic N) is 7. The molecule has 238 valence electrons. The van der Waals surface area contributed by atoms with Crippen molar-refractivity contribution >= 4 is 52.4 Å². The number of ether oxygens (including phenoxy) is 1. The highest BCUT2D eigenvalue weighted by Crippen LogP contribution is 2.33. The van der Waals surface area contributed by atoms with E-state index in [1.54, 1.807) is 55.7 Å². The number of methoxy groups -OCH3 is 1. The van der Waals surface area contributed by atoms with Gasteiger partial charge in [-0.3, -0.25) is 9.80 Å². The van der Waals surface area contributed by atoms with Gasteiger partial charge in [-0.15, -0.1) is 0 Å². The summed E-state index contributed by atoms with van der Waals surface area (Å²) in [6.07, 6.45) is 3.51. The molecule has 6 rings (SSSR count). The molecule has 0 bridgehead atoms. The largest absolute Gasteiger partial charge is 0.495 e. The van der Waals surface area contributed by atoms with Gasteiger partial charge in [0.15, 0.2) is 0 Å². The highest BCUT2D eigenvalue weighted by molar-refractivity contribution is 6.06. The molecular formula is C33H38N10O3. The summed E-state index contributed by atoms with van der Waals surface area (Å²) in [6, 6.07) is 15.9. The molecule has 4 aromatic rings. The number of piperazine rings is 1. The van der Waals surface area contributed by atoms with Crippen LogP contribution in [0.1, 0.15) is 18.1 Å². The number of amides is 4. The number of anilines is 7. The van der Waals surface area contributed by atoms with Gasteiger partial charge >= 0.3 is 12.1 Å². The first-order valence-corrected chi connectivity index (χ1v) is 15.3. The first kappa shape index (κ1) is 30.6. The van der Waals surface area contributed by atoms with E-state index in [4.69, 9.17) is 4.74 Å². The predicted octanol–water partition coefficient (Wildman–Crippen LogP) is 5.29. The molecule has 0 spiro atoms. The van der Waals surface area contributed by atoms with Gasteiger partial charge in [0.05, 0.1) is 36.9 Å². The van der Waals surface area contributed by atoms with Crippen LogP contribution in [-0.2, 0) is 6.54 Å². The Balaban J connectivity index is 1.13. The topological polar surface area (TPSA) is 131 Å². The number of aryl methyl sites for hydroxylation is 1. The molecule has 13 heteroatoms. The van der Waals surface area contributed by atoms with Crippen LogP contribution in [-0.4, -0.2) is 78.8 Å². The number of hydrogen-bond acceptors (Lipinski definition) is 9. The molecule has 2 aromatic heterocycles. The maximum atomic E-state index is 13.6. The number of para-hydroxylation sites is 2. The highest BCUT2D eigenvalue weighted by atomic mass is 16.5. The molecule has 2 aliphatic heterocycles. The van der Waals surface area contributed by atoms with Crippen molar-refractivity contribution < 1.29 is 14.3 Å². The van der Waals surface area contributed by atoms with Crippen LogP contribution in [0.15, 0.2) is 67.0 Å². The minimum atomic E-state index is -0.431. The van der Waals surface area contributed by atoms with E-state index in [0.29, 0.717) is 34.6 Å². The Kier molecular flexibility index (Phi) is 8.83. The number of pyridine rings is 1. The van der Waals surface area contributed by atoms with Crippen LogP contribution in [0.4, 0.5) is 49.9 Å². The van der Waals surface area contributed by atoms with Gasteiger partial charge in [0.2, 0.25) is 5.95 Å². The summed E-state index contributed by atoms with van der Waals surface area (Å²) >= 11 is 0. The van der Waals surface area contributed by atoms with E-state index >= 15 is 0 Å². The molecule has 2 aromatic carbocycles. The first-order chi connectivity index (χ1) is 22.3. The van der Waals surface area contributed by atoms with Crippen LogP contribution in [0.5, 0.6) is 5.75 Å². The van der Waals surface area contributed by atoms with Gasteiger partial charge < -0.3 is 30.5 Å². The van der Waals surface area contributed by atoms with Gasteiger partial charge in [-0.1, -0.05) is 25.1 Å². The van der Waals surface area contributed by atoms with Crippen molar-refractivity contribution in [3.63, 3.8) is 0 Å². The lowest BCUT2D eigenvalue weighted by Gasteiger charge is -2.35. The minimum absolute atomic E-state index is 0.245. The van der Waals surface area contributed by atoms with Crippen LogP contribution in [0, 0.1) is 6.92 Å². The Bertz CT molecular complexity index is 1720. The third kappa shape index (κ3) is 6.49. The molecule has 1 saturated heterocycles. The van der Waals surface area contributed by atoms with Gasteiger partial charge in [-0.05, 0) is 55.4 Å². The second-order valence-electron chi connectivity index (χ2n) is 11.2. The molecule has 3 N–H and O–H groups in total. The lowest BCUT2D eigenvalue weighted by atomic mass is 10.1. The average Bonchev–Trinajstić information content (AvgIpc) is 3.08. The maximum Gasteiger partial charge on any atom is 0.330 e. The van der Waals surface area contributed by atoms with Crippen molar-refractivity contribution in [1.29, 1.82) is 0 Å². The molecule has 0 aliphatic carbocycles. The first-order valence-electron chi connectivity index (χ1n) is 15.3. The molecule has 0 saturated carbocycles. The maximum absolute atomic E-state index is 13.6. The Morgan fingerprint density at radius 3 is 2.48 bits per heavy atom. The van der Waals surface area contributed by atoms with E-state index in [9.17, 15) is 9.59 Å². The van der Waals surface area contributed by atoms with Crippen molar-refractivity contribution in [2.24, 2.45) is 0 Å². The number of hydrogen-bond donors (Lipinski definition) is 3. The van der Waals surface area contributed by atoms with Crippen molar-refractivity contribution in [3.05, 3.63) is 78.1 Å². The summed E-state index contributed by atoms with van der Waals surface area (Å²) in [7, 11) is 3.24. The summed E-state index contributed by atoms with van der Waals surface area (Å²) in [6.45, 7) is 9.44. The summed E-state index contributed by atoms with van der Waals surface area (Å²) in [5, 5.41) is 8.87. The molecule has 13 nitrogen and oxygen atoms in total. The van der Waals surface area contributed by atoms with Crippen molar-refractivity contribution in [3.8, 4) is 5.75 Å². The summed E-state index contributed by atoms with van der Waals surface area (Å²) in [5.41, 5.74) is 4.18. The number of likely N-dealkylation sites (N-methyl/N-ethyl adjacent to an activating group) is 1. The number of urea groups is 2. The normalized spacial score (nSPS) is 15.0. The molecule has 4 amide bonds. The third-order valence-electron chi connectivity index (χ3n) is 8.27. The fourth-order valence-electron chi connectivity index (χ4n) is 5.64. The van der Waals surface area contributed by atoms with Gasteiger partial charge in [-0.2, -0.15) is 4.98 Å². The van der Waals surface area contributed by atoms with Crippen LogP contribution in [0.3, 0.4) is 0 Å². The number of benzene rings is 2. The number of aromatic nitrogens is 3. The zero-order chi connectivity index (χ0) is 32.2. The van der Waals surface area contributed by atoms with Crippen LogP contribution in [0.25, 0.3) is 0 Å². The zero-order valence-corrected chi connectivity index (χ0v) is 26.4. The highest BCUT2D eigenvalue weighted by Gasteiger charge is 2.31. The van der Waals surface area contributed by atoms with Crippen LogP contribution in [0.2, 0.25) is 0 Å². The number of carbonyl (C=O) groups excluding carboxylic acids is 2. The molecule has 0 radical (unpaired) electrons. The van der Waals surface area contributed by atoms with Gasteiger partial charge in [0, 0.05) is 50.7 Å². The van der Waals surface area contributed by atoms with Crippen LogP contribution < -0.4 is 35.4 Å². The van der Waals surface area contributed by atoms with E-state index < -0.39 is 6.03 Å². The van der Waals surface area contributed by atoms with Crippen molar-refractivity contribution in [1.82, 2.24) is 19.9 Å². The predicted molar refractivity (Wildman–Crippen MR) is 181 cm³/mol. The second-order valence-corrected chi connectivity index (χ2v) is 11.2. The average molecular weight is 623 g/mol. The lowest BCUT2D eigenvalue weighted by molar-refractivity contribution is 0.251.